The maximum absolute atomic E-state index is 10.6. The summed E-state index contributed by atoms with van der Waals surface area (Å²) in [5.41, 5.74) is 0.882. The van der Waals surface area contributed by atoms with E-state index in [0.29, 0.717) is 6.54 Å². The molecule has 0 aliphatic rings. The van der Waals surface area contributed by atoms with Crippen molar-refractivity contribution in [2.45, 2.75) is 18.4 Å². The van der Waals surface area contributed by atoms with Crippen molar-refractivity contribution in [2.24, 2.45) is 0 Å². The summed E-state index contributed by atoms with van der Waals surface area (Å²) in [6, 6.07) is 3.91. The summed E-state index contributed by atoms with van der Waals surface area (Å²) < 4.78 is 0. The molecule has 0 aliphatic heterocycles. The van der Waals surface area contributed by atoms with Crippen LogP contribution in [0.1, 0.15) is 12.6 Å². The van der Waals surface area contributed by atoms with Crippen molar-refractivity contribution >= 4 is 17.7 Å². The second-order valence-corrected chi connectivity index (χ2v) is 3.48. The summed E-state index contributed by atoms with van der Waals surface area (Å²) in [6.07, 6.45) is 3.81. The van der Waals surface area contributed by atoms with E-state index in [1.54, 1.807) is 11.8 Å². The van der Waals surface area contributed by atoms with Crippen LogP contribution in [-0.4, -0.2) is 17.1 Å². The Morgan fingerprint density at radius 1 is 1.62 bits per heavy atom. The molecule has 0 spiro atoms. The Bertz CT molecular complexity index is 284. The Hall–Kier alpha value is -1.03. The van der Waals surface area contributed by atoms with Gasteiger partial charge in [0.1, 0.15) is 0 Å². The molecule has 3 nitrogen and oxygen atoms in total. The Morgan fingerprint density at radius 3 is 2.85 bits per heavy atom. The highest BCUT2D eigenvalue weighted by molar-refractivity contribution is 7.98. The molecule has 0 aliphatic carbocycles. The van der Waals surface area contributed by atoms with Gasteiger partial charge >= 0.3 is 0 Å². The number of carbonyl (C=O) groups is 1. The van der Waals surface area contributed by atoms with Crippen molar-refractivity contribution < 1.29 is 4.79 Å². The predicted molar refractivity (Wildman–Crippen MR) is 53.5 cm³/mol. The Balaban J connectivity index is 2.54. The van der Waals surface area contributed by atoms with Crippen molar-refractivity contribution in [3.05, 3.63) is 24.0 Å². The van der Waals surface area contributed by atoms with E-state index in [-0.39, 0.29) is 5.91 Å². The normalized spacial score (nSPS) is 9.69. The first kappa shape index (κ1) is 10.1. The SMILES string of the molecule is CSc1ccc(CNC(C)=O)nc1. The molecule has 1 amide bonds. The second kappa shape index (κ2) is 4.87. The summed E-state index contributed by atoms with van der Waals surface area (Å²) >= 11 is 1.65. The molecule has 0 atom stereocenters. The third-order valence-corrected chi connectivity index (χ3v) is 2.26. The molecule has 1 aromatic rings. The van der Waals surface area contributed by atoms with Crippen LogP contribution in [0.25, 0.3) is 0 Å². The first-order valence-electron chi connectivity index (χ1n) is 3.95. The number of nitrogens with zero attached hydrogens (tertiary/aromatic N) is 1. The molecule has 0 unspecified atom stereocenters. The summed E-state index contributed by atoms with van der Waals surface area (Å²) in [4.78, 5) is 15.9. The number of amides is 1. The first-order valence-corrected chi connectivity index (χ1v) is 5.18. The number of thioether (sulfide) groups is 1. The molecule has 1 rings (SSSR count). The monoisotopic (exact) mass is 196 g/mol. The largest absolute Gasteiger partial charge is 0.351 e. The molecule has 0 saturated carbocycles. The van der Waals surface area contributed by atoms with Crippen LogP contribution in [-0.2, 0) is 11.3 Å². The second-order valence-electron chi connectivity index (χ2n) is 2.60. The van der Waals surface area contributed by atoms with E-state index in [4.69, 9.17) is 0 Å². The third kappa shape index (κ3) is 3.46. The molecule has 0 bridgehead atoms. The van der Waals surface area contributed by atoms with E-state index in [1.807, 2.05) is 24.6 Å². The number of hydrogen-bond acceptors (Lipinski definition) is 3. The maximum Gasteiger partial charge on any atom is 0.217 e. The third-order valence-electron chi connectivity index (χ3n) is 1.55. The van der Waals surface area contributed by atoms with E-state index >= 15 is 0 Å². The molecule has 0 radical (unpaired) electrons. The van der Waals surface area contributed by atoms with E-state index in [2.05, 4.69) is 10.3 Å². The summed E-state index contributed by atoms with van der Waals surface area (Å²) in [7, 11) is 0. The van der Waals surface area contributed by atoms with Gasteiger partial charge < -0.3 is 5.32 Å². The van der Waals surface area contributed by atoms with E-state index in [0.717, 1.165) is 10.6 Å². The fourth-order valence-electron chi connectivity index (χ4n) is 0.851. The number of aromatic nitrogens is 1. The Kier molecular flexibility index (Phi) is 3.76. The molecule has 1 aromatic heterocycles. The fraction of sp³-hybridized carbons (Fsp3) is 0.333. The topological polar surface area (TPSA) is 42.0 Å². The van der Waals surface area contributed by atoms with Gasteiger partial charge in [0.2, 0.25) is 5.91 Å². The molecule has 0 saturated heterocycles. The molecule has 0 fully saturated rings. The number of nitrogens with one attached hydrogen (secondary N) is 1. The van der Waals surface area contributed by atoms with Crippen LogP contribution < -0.4 is 5.32 Å². The standard InChI is InChI=1S/C9H12N2OS/c1-7(12)10-5-8-3-4-9(13-2)6-11-8/h3-4,6H,5H2,1-2H3,(H,10,12). The number of pyridine rings is 1. The van der Waals surface area contributed by atoms with Crippen molar-refractivity contribution in [1.29, 1.82) is 0 Å². The minimum Gasteiger partial charge on any atom is -0.351 e. The van der Waals surface area contributed by atoms with Gasteiger partial charge in [0.15, 0.2) is 0 Å². The Labute approximate surface area is 81.9 Å². The Morgan fingerprint density at radius 2 is 2.38 bits per heavy atom. The average Bonchev–Trinajstić information content (AvgIpc) is 2.15. The van der Waals surface area contributed by atoms with Gasteiger partial charge in [0.05, 0.1) is 12.2 Å². The average molecular weight is 196 g/mol. The smallest absolute Gasteiger partial charge is 0.217 e. The minimum absolute atomic E-state index is 0.0317. The van der Waals surface area contributed by atoms with Crippen LogP contribution in [0.3, 0.4) is 0 Å². The highest BCUT2D eigenvalue weighted by Gasteiger charge is 1.95. The van der Waals surface area contributed by atoms with Gasteiger partial charge in [-0.2, -0.15) is 0 Å². The molecule has 0 aromatic carbocycles. The molecular formula is C9H12N2OS. The van der Waals surface area contributed by atoms with Crippen LogP contribution in [0.4, 0.5) is 0 Å². The number of hydrogen-bond donors (Lipinski definition) is 1. The van der Waals surface area contributed by atoms with Gasteiger partial charge in [-0.3, -0.25) is 9.78 Å². The molecule has 1 N–H and O–H groups in total. The highest BCUT2D eigenvalue weighted by atomic mass is 32.2. The van der Waals surface area contributed by atoms with Crippen LogP contribution >= 0.6 is 11.8 Å². The minimum atomic E-state index is -0.0317. The van der Waals surface area contributed by atoms with Crippen molar-refractivity contribution in [1.82, 2.24) is 10.3 Å². The van der Waals surface area contributed by atoms with Crippen molar-refractivity contribution in [3.63, 3.8) is 0 Å². The molecule has 4 heteroatoms. The van der Waals surface area contributed by atoms with Crippen LogP contribution in [0, 0.1) is 0 Å². The summed E-state index contributed by atoms with van der Waals surface area (Å²) in [5.74, 6) is -0.0317. The van der Waals surface area contributed by atoms with Gasteiger partial charge in [0.25, 0.3) is 0 Å². The van der Waals surface area contributed by atoms with Crippen molar-refractivity contribution in [2.75, 3.05) is 6.26 Å². The number of rotatable bonds is 3. The molecular weight excluding hydrogens is 184 g/mol. The van der Waals surface area contributed by atoms with Crippen molar-refractivity contribution in [3.8, 4) is 0 Å². The lowest BCUT2D eigenvalue weighted by molar-refractivity contribution is -0.119. The molecule has 13 heavy (non-hydrogen) atoms. The van der Waals surface area contributed by atoms with Gasteiger partial charge in [-0.05, 0) is 18.4 Å². The maximum atomic E-state index is 10.6. The zero-order valence-corrected chi connectivity index (χ0v) is 8.52. The van der Waals surface area contributed by atoms with Gasteiger partial charge in [-0.1, -0.05) is 0 Å². The number of carbonyl (C=O) groups excluding carboxylic acids is 1. The van der Waals surface area contributed by atoms with E-state index < -0.39 is 0 Å². The molecule has 1 heterocycles. The van der Waals surface area contributed by atoms with E-state index in [9.17, 15) is 4.79 Å². The first-order chi connectivity index (χ1) is 6.22. The lowest BCUT2D eigenvalue weighted by atomic mass is 10.3. The summed E-state index contributed by atoms with van der Waals surface area (Å²) in [6.45, 7) is 2.00. The quantitative estimate of drug-likeness (QED) is 0.744. The van der Waals surface area contributed by atoms with Gasteiger partial charge in [-0.25, -0.2) is 0 Å². The van der Waals surface area contributed by atoms with E-state index in [1.165, 1.54) is 6.92 Å². The van der Waals surface area contributed by atoms with Crippen LogP contribution in [0.5, 0.6) is 0 Å². The zero-order chi connectivity index (χ0) is 9.68. The molecule has 70 valence electrons. The fourth-order valence-corrected chi connectivity index (χ4v) is 1.21. The van der Waals surface area contributed by atoms with Crippen LogP contribution in [0.15, 0.2) is 23.2 Å². The lowest BCUT2D eigenvalue weighted by Gasteiger charge is -2.01. The predicted octanol–water partition coefficient (Wildman–Crippen LogP) is 1.44. The lowest BCUT2D eigenvalue weighted by Crippen LogP contribution is -2.19. The van der Waals surface area contributed by atoms with Crippen LogP contribution in [0.2, 0.25) is 0 Å². The highest BCUT2D eigenvalue weighted by Crippen LogP contribution is 2.12. The van der Waals surface area contributed by atoms with Gasteiger partial charge in [0, 0.05) is 18.0 Å². The summed E-state index contributed by atoms with van der Waals surface area (Å²) in [5, 5.41) is 2.69. The van der Waals surface area contributed by atoms with Gasteiger partial charge in [-0.15, -0.1) is 11.8 Å². The zero-order valence-electron chi connectivity index (χ0n) is 7.70.